The van der Waals surface area contributed by atoms with Crippen molar-refractivity contribution in [1.29, 1.82) is 0 Å². The van der Waals surface area contributed by atoms with E-state index in [1.54, 1.807) is 6.07 Å². The van der Waals surface area contributed by atoms with Crippen molar-refractivity contribution in [2.75, 3.05) is 6.54 Å². The van der Waals surface area contributed by atoms with E-state index in [2.05, 4.69) is 26.1 Å². The van der Waals surface area contributed by atoms with Gasteiger partial charge in [-0.15, -0.1) is 0 Å². The van der Waals surface area contributed by atoms with E-state index in [0.717, 1.165) is 0 Å². The number of hydrogen-bond donors (Lipinski definition) is 1. The molecule has 1 heterocycles. The van der Waals surface area contributed by atoms with Crippen LogP contribution >= 0.6 is 15.9 Å². The Morgan fingerprint density at radius 2 is 2.19 bits per heavy atom. The van der Waals surface area contributed by atoms with Crippen LogP contribution in [0.1, 0.15) is 5.89 Å². The molecular formula is C10H9BrFN3O. The molecule has 0 aliphatic rings. The molecule has 0 amide bonds. The summed E-state index contributed by atoms with van der Waals surface area (Å²) in [6.07, 6.45) is 0.517. The van der Waals surface area contributed by atoms with Gasteiger partial charge in [0.1, 0.15) is 5.82 Å². The molecule has 0 fully saturated rings. The molecule has 6 heteroatoms. The van der Waals surface area contributed by atoms with Gasteiger partial charge in [0.25, 0.3) is 0 Å². The fourth-order valence-corrected chi connectivity index (χ4v) is 1.75. The topological polar surface area (TPSA) is 64.9 Å². The van der Waals surface area contributed by atoms with Gasteiger partial charge in [-0.2, -0.15) is 4.98 Å². The minimum absolute atomic E-state index is 0.352. The highest BCUT2D eigenvalue weighted by Crippen LogP contribution is 2.22. The van der Waals surface area contributed by atoms with Gasteiger partial charge in [-0.1, -0.05) is 21.1 Å². The number of benzene rings is 1. The maximum atomic E-state index is 13.1. The standard InChI is InChI=1S/C10H9BrFN3O/c11-7-3-6(4-8(12)5-7)10-14-9(1-2-13)16-15-10/h3-5H,1-2,13H2. The molecule has 16 heavy (non-hydrogen) atoms. The summed E-state index contributed by atoms with van der Waals surface area (Å²) in [5, 5.41) is 3.76. The van der Waals surface area contributed by atoms with Crippen LogP contribution < -0.4 is 5.73 Å². The summed E-state index contributed by atoms with van der Waals surface area (Å²) in [5.74, 6) is 0.469. The van der Waals surface area contributed by atoms with Gasteiger partial charge < -0.3 is 10.3 Å². The Kier molecular flexibility index (Phi) is 3.31. The number of nitrogens with two attached hydrogens (primary N) is 1. The third-order valence-electron chi connectivity index (χ3n) is 1.95. The predicted octanol–water partition coefficient (Wildman–Crippen LogP) is 2.14. The average Bonchev–Trinajstić information content (AvgIpc) is 2.65. The monoisotopic (exact) mass is 285 g/mol. The zero-order valence-corrected chi connectivity index (χ0v) is 9.87. The first kappa shape index (κ1) is 11.2. The molecule has 2 rings (SSSR count). The SMILES string of the molecule is NCCc1nc(-c2cc(F)cc(Br)c2)no1. The van der Waals surface area contributed by atoms with E-state index in [4.69, 9.17) is 10.3 Å². The summed E-state index contributed by atoms with van der Waals surface area (Å²) in [4.78, 5) is 4.11. The van der Waals surface area contributed by atoms with E-state index < -0.39 is 0 Å². The molecule has 0 bridgehead atoms. The normalized spacial score (nSPS) is 10.7. The van der Waals surface area contributed by atoms with Crippen LogP contribution in [0, 0.1) is 5.82 Å². The molecule has 0 spiro atoms. The van der Waals surface area contributed by atoms with Crippen molar-refractivity contribution in [2.24, 2.45) is 5.73 Å². The van der Waals surface area contributed by atoms with Crippen molar-refractivity contribution in [1.82, 2.24) is 10.1 Å². The summed E-state index contributed by atoms with van der Waals surface area (Å²) in [5.41, 5.74) is 5.93. The number of nitrogens with zero attached hydrogens (tertiary/aromatic N) is 2. The van der Waals surface area contributed by atoms with Crippen LogP contribution in [0.4, 0.5) is 4.39 Å². The minimum Gasteiger partial charge on any atom is -0.339 e. The second-order valence-corrected chi connectivity index (χ2v) is 4.12. The Labute approximate surface area is 99.8 Å². The molecule has 84 valence electrons. The van der Waals surface area contributed by atoms with Crippen LogP contribution in [0.3, 0.4) is 0 Å². The van der Waals surface area contributed by atoms with Crippen LogP contribution in [-0.2, 0) is 6.42 Å². The lowest BCUT2D eigenvalue weighted by atomic mass is 10.2. The smallest absolute Gasteiger partial charge is 0.228 e. The Balaban J connectivity index is 2.34. The molecule has 1 aromatic carbocycles. The quantitative estimate of drug-likeness (QED) is 0.938. The number of rotatable bonds is 3. The maximum absolute atomic E-state index is 13.1. The summed E-state index contributed by atoms with van der Waals surface area (Å²) in [6.45, 7) is 0.439. The molecule has 0 aliphatic carbocycles. The van der Waals surface area contributed by atoms with E-state index in [0.29, 0.717) is 34.7 Å². The summed E-state index contributed by atoms with van der Waals surface area (Å²) in [6, 6.07) is 4.44. The second kappa shape index (κ2) is 4.71. The van der Waals surface area contributed by atoms with Crippen LogP contribution in [0.15, 0.2) is 27.2 Å². The van der Waals surface area contributed by atoms with Crippen molar-refractivity contribution >= 4 is 15.9 Å². The first-order valence-corrected chi connectivity index (χ1v) is 5.47. The molecule has 4 nitrogen and oxygen atoms in total. The minimum atomic E-state index is -0.352. The third-order valence-corrected chi connectivity index (χ3v) is 2.40. The van der Waals surface area contributed by atoms with E-state index >= 15 is 0 Å². The van der Waals surface area contributed by atoms with Gasteiger partial charge in [0.15, 0.2) is 0 Å². The molecule has 0 saturated heterocycles. The van der Waals surface area contributed by atoms with E-state index in [-0.39, 0.29) is 5.82 Å². The molecular weight excluding hydrogens is 277 g/mol. The second-order valence-electron chi connectivity index (χ2n) is 3.21. The van der Waals surface area contributed by atoms with Gasteiger partial charge in [0.2, 0.25) is 11.7 Å². The third kappa shape index (κ3) is 2.45. The fraction of sp³-hybridized carbons (Fsp3) is 0.200. The molecule has 1 aromatic heterocycles. The van der Waals surface area contributed by atoms with Gasteiger partial charge in [-0.05, 0) is 18.2 Å². The van der Waals surface area contributed by atoms with E-state index in [1.165, 1.54) is 12.1 Å². The Bertz CT molecular complexity index is 480. The largest absolute Gasteiger partial charge is 0.339 e. The summed E-state index contributed by atoms with van der Waals surface area (Å²) >= 11 is 3.20. The van der Waals surface area contributed by atoms with Crippen LogP contribution in [0.5, 0.6) is 0 Å². The maximum Gasteiger partial charge on any atom is 0.228 e. The lowest BCUT2D eigenvalue weighted by Crippen LogP contribution is -2.02. The van der Waals surface area contributed by atoms with Crippen molar-refractivity contribution < 1.29 is 8.91 Å². The van der Waals surface area contributed by atoms with Crippen LogP contribution in [0.2, 0.25) is 0 Å². The van der Waals surface area contributed by atoms with Crippen molar-refractivity contribution in [3.63, 3.8) is 0 Å². The zero-order valence-electron chi connectivity index (χ0n) is 8.28. The summed E-state index contributed by atoms with van der Waals surface area (Å²) in [7, 11) is 0. The first-order valence-electron chi connectivity index (χ1n) is 4.68. The molecule has 0 radical (unpaired) electrons. The van der Waals surface area contributed by atoms with Gasteiger partial charge in [-0.25, -0.2) is 4.39 Å². The van der Waals surface area contributed by atoms with E-state index in [9.17, 15) is 4.39 Å². The van der Waals surface area contributed by atoms with Gasteiger partial charge in [0, 0.05) is 23.0 Å². The zero-order chi connectivity index (χ0) is 11.5. The van der Waals surface area contributed by atoms with Gasteiger partial charge >= 0.3 is 0 Å². The van der Waals surface area contributed by atoms with Crippen LogP contribution in [-0.4, -0.2) is 16.7 Å². The molecule has 0 unspecified atom stereocenters. The Morgan fingerprint density at radius 3 is 2.88 bits per heavy atom. The highest BCUT2D eigenvalue weighted by atomic mass is 79.9. The van der Waals surface area contributed by atoms with Crippen molar-refractivity contribution in [2.45, 2.75) is 6.42 Å². The highest BCUT2D eigenvalue weighted by molar-refractivity contribution is 9.10. The van der Waals surface area contributed by atoms with Crippen molar-refractivity contribution in [3.05, 3.63) is 34.4 Å². The Morgan fingerprint density at radius 1 is 1.38 bits per heavy atom. The predicted molar refractivity (Wildman–Crippen MR) is 60.2 cm³/mol. The Hall–Kier alpha value is -1.27. The molecule has 2 aromatic rings. The molecule has 0 atom stereocenters. The van der Waals surface area contributed by atoms with Crippen molar-refractivity contribution in [3.8, 4) is 11.4 Å². The fourth-order valence-electron chi connectivity index (χ4n) is 1.28. The van der Waals surface area contributed by atoms with E-state index in [1.807, 2.05) is 0 Å². The highest BCUT2D eigenvalue weighted by Gasteiger charge is 2.09. The van der Waals surface area contributed by atoms with Gasteiger partial charge in [-0.3, -0.25) is 0 Å². The number of aromatic nitrogens is 2. The number of halogens is 2. The summed E-state index contributed by atoms with van der Waals surface area (Å²) < 4.78 is 18.7. The van der Waals surface area contributed by atoms with Gasteiger partial charge in [0.05, 0.1) is 0 Å². The lowest BCUT2D eigenvalue weighted by molar-refractivity contribution is 0.380. The first-order chi connectivity index (χ1) is 7.69. The molecule has 0 aliphatic heterocycles. The molecule has 2 N–H and O–H groups in total. The molecule has 0 saturated carbocycles. The van der Waals surface area contributed by atoms with Crippen LogP contribution in [0.25, 0.3) is 11.4 Å². The average molecular weight is 286 g/mol. The number of hydrogen-bond acceptors (Lipinski definition) is 4. The lowest BCUT2D eigenvalue weighted by Gasteiger charge is -1.96.